The summed E-state index contributed by atoms with van der Waals surface area (Å²) < 4.78 is 0. The molecule has 3 aromatic carbocycles. The first kappa shape index (κ1) is 20.3. The monoisotopic (exact) mass is 403 g/mol. The molecule has 0 saturated heterocycles. The Bertz CT molecular complexity index is 1100. The van der Waals surface area contributed by atoms with E-state index in [1.807, 2.05) is 30.3 Å². The second-order valence-electron chi connectivity index (χ2n) is 6.17. The Morgan fingerprint density at radius 2 is 1.67 bits per heavy atom. The van der Waals surface area contributed by atoms with Crippen molar-refractivity contribution >= 4 is 29.2 Å². The van der Waals surface area contributed by atoms with E-state index < -0.39 is 4.92 Å². The standard InChI is InChI=1S/C21H17N5O4/c27-20-11-8-18(24-23-17-6-9-19(10-7-17)26(29)30)13-16(20)14-22-25-21(28)12-15-4-2-1-3-5-15/h1-11,13-14,27H,12H2,(H,25,28)/b22-14-,24-23?. The van der Waals surface area contributed by atoms with Crippen LogP contribution in [-0.4, -0.2) is 22.2 Å². The third-order valence-electron chi connectivity index (χ3n) is 3.95. The van der Waals surface area contributed by atoms with Crippen LogP contribution in [0.1, 0.15) is 11.1 Å². The van der Waals surface area contributed by atoms with Crippen molar-refractivity contribution in [1.29, 1.82) is 0 Å². The number of hydrogen-bond acceptors (Lipinski definition) is 7. The van der Waals surface area contributed by atoms with Gasteiger partial charge in [0.25, 0.3) is 5.69 Å². The van der Waals surface area contributed by atoms with Crippen LogP contribution in [0.25, 0.3) is 0 Å². The number of carbonyl (C=O) groups excluding carboxylic acids is 1. The van der Waals surface area contributed by atoms with E-state index in [1.54, 1.807) is 6.07 Å². The highest BCUT2D eigenvalue weighted by Crippen LogP contribution is 2.25. The molecule has 30 heavy (non-hydrogen) atoms. The number of hydrogen-bond donors (Lipinski definition) is 2. The molecule has 0 unspecified atom stereocenters. The van der Waals surface area contributed by atoms with E-state index in [-0.39, 0.29) is 23.8 Å². The summed E-state index contributed by atoms with van der Waals surface area (Å²) in [5, 5.41) is 32.6. The molecule has 9 nitrogen and oxygen atoms in total. The molecule has 0 fully saturated rings. The van der Waals surface area contributed by atoms with Gasteiger partial charge in [0, 0.05) is 17.7 Å². The molecule has 0 aliphatic heterocycles. The SMILES string of the molecule is O=C(Cc1ccccc1)N/N=C\c1cc(N=Nc2ccc([N+](=O)[O-])cc2)ccc1O. The topological polar surface area (TPSA) is 130 Å². The molecule has 2 N–H and O–H groups in total. The van der Waals surface area contributed by atoms with Crippen LogP contribution in [0.4, 0.5) is 17.1 Å². The number of nitrogens with one attached hydrogen (secondary N) is 1. The van der Waals surface area contributed by atoms with Crippen molar-refractivity contribution in [3.05, 3.63) is 94.0 Å². The van der Waals surface area contributed by atoms with E-state index in [2.05, 4.69) is 20.8 Å². The van der Waals surface area contributed by atoms with Gasteiger partial charge in [0.2, 0.25) is 5.91 Å². The zero-order valence-electron chi connectivity index (χ0n) is 15.7. The number of nitrogens with zero attached hydrogens (tertiary/aromatic N) is 4. The number of aromatic hydroxyl groups is 1. The van der Waals surface area contributed by atoms with Crippen LogP contribution in [0.2, 0.25) is 0 Å². The number of phenols is 1. The predicted molar refractivity (Wildman–Crippen MR) is 111 cm³/mol. The molecule has 9 heteroatoms. The molecule has 3 aromatic rings. The van der Waals surface area contributed by atoms with Crippen molar-refractivity contribution in [3.63, 3.8) is 0 Å². The van der Waals surface area contributed by atoms with Gasteiger partial charge in [0.05, 0.1) is 28.9 Å². The lowest BCUT2D eigenvalue weighted by atomic mass is 10.1. The van der Waals surface area contributed by atoms with Gasteiger partial charge in [0.1, 0.15) is 5.75 Å². The van der Waals surface area contributed by atoms with Crippen molar-refractivity contribution in [1.82, 2.24) is 5.43 Å². The number of phenolic OH excluding ortho intramolecular Hbond substituents is 1. The second kappa shape index (κ2) is 9.69. The van der Waals surface area contributed by atoms with Crippen LogP contribution in [0.15, 0.2) is 88.1 Å². The van der Waals surface area contributed by atoms with Crippen LogP contribution in [0, 0.1) is 10.1 Å². The molecule has 1 amide bonds. The molecule has 0 atom stereocenters. The van der Waals surface area contributed by atoms with Gasteiger partial charge < -0.3 is 5.11 Å². The number of nitro benzene ring substituents is 1. The molecule has 0 saturated carbocycles. The molecule has 0 radical (unpaired) electrons. The minimum absolute atomic E-state index is 0.0357. The van der Waals surface area contributed by atoms with Crippen LogP contribution in [-0.2, 0) is 11.2 Å². The van der Waals surface area contributed by atoms with E-state index in [4.69, 9.17) is 0 Å². The van der Waals surface area contributed by atoms with Crippen LogP contribution in [0.5, 0.6) is 5.75 Å². The summed E-state index contributed by atoms with van der Waals surface area (Å²) in [6.07, 6.45) is 1.50. The highest BCUT2D eigenvalue weighted by Gasteiger charge is 2.05. The van der Waals surface area contributed by atoms with Crippen molar-refractivity contribution in [2.45, 2.75) is 6.42 Å². The summed E-state index contributed by atoms with van der Waals surface area (Å²) in [6, 6.07) is 19.4. The summed E-state index contributed by atoms with van der Waals surface area (Å²) in [7, 11) is 0. The zero-order chi connectivity index (χ0) is 21.3. The maximum Gasteiger partial charge on any atom is 0.269 e. The smallest absolute Gasteiger partial charge is 0.269 e. The highest BCUT2D eigenvalue weighted by atomic mass is 16.6. The Hall–Kier alpha value is -4.40. The van der Waals surface area contributed by atoms with Crippen molar-refractivity contribution in [2.24, 2.45) is 15.3 Å². The summed E-state index contributed by atoms with van der Waals surface area (Å²) in [5.74, 6) is -0.323. The Balaban J connectivity index is 1.63. The summed E-state index contributed by atoms with van der Waals surface area (Å²) in [6.45, 7) is 0. The normalized spacial score (nSPS) is 11.1. The number of rotatable bonds is 7. The first-order valence-electron chi connectivity index (χ1n) is 8.86. The molecule has 0 bridgehead atoms. The van der Waals surface area contributed by atoms with Gasteiger partial charge in [-0.3, -0.25) is 14.9 Å². The number of non-ortho nitro benzene ring substituents is 1. The molecule has 0 aliphatic carbocycles. The van der Waals surface area contributed by atoms with Crippen molar-refractivity contribution in [2.75, 3.05) is 0 Å². The van der Waals surface area contributed by atoms with Gasteiger partial charge in [-0.1, -0.05) is 30.3 Å². The fourth-order valence-electron chi connectivity index (χ4n) is 2.46. The first-order valence-corrected chi connectivity index (χ1v) is 8.86. The third-order valence-corrected chi connectivity index (χ3v) is 3.95. The zero-order valence-corrected chi connectivity index (χ0v) is 15.7. The van der Waals surface area contributed by atoms with Crippen LogP contribution in [0.3, 0.4) is 0 Å². The molecule has 0 aromatic heterocycles. The molecule has 3 rings (SSSR count). The average molecular weight is 403 g/mol. The Labute approximate surface area is 171 Å². The highest BCUT2D eigenvalue weighted by molar-refractivity contribution is 5.86. The largest absolute Gasteiger partial charge is 0.507 e. The quantitative estimate of drug-likeness (QED) is 0.262. The molecular weight excluding hydrogens is 386 g/mol. The Morgan fingerprint density at radius 1 is 1.00 bits per heavy atom. The van der Waals surface area contributed by atoms with Gasteiger partial charge in [-0.15, -0.1) is 0 Å². The van der Waals surface area contributed by atoms with Crippen molar-refractivity contribution < 1.29 is 14.8 Å². The summed E-state index contributed by atoms with van der Waals surface area (Å²) in [5.41, 5.74) is 4.45. The van der Waals surface area contributed by atoms with Gasteiger partial charge in [-0.2, -0.15) is 15.3 Å². The van der Waals surface area contributed by atoms with E-state index in [0.717, 1.165) is 5.56 Å². The van der Waals surface area contributed by atoms with Gasteiger partial charge in [-0.25, -0.2) is 5.43 Å². The fraction of sp³-hybridized carbons (Fsp3) is 0.0476. The molecule has 0 aliphatic rings. The molecule has 0 spiro atoms. The van der Waals surface area contributed by atoms with E-state index in [9.17, 15) is 20.0 Å². The van der Waals surface area contributed by atoms with Crippen molar-refractivity contribution in [3.8, 4) is 5.75 Å². The maximum atomic E-state index is 11.9. The third kappa shape index (κ3) is 5.80. The maximum absolute atomic E-state index is 11.9. The number of hydrazone groups is 1. The number of nitro groups is 1. The number of benzene rings is 3. The van der Waals surface area contributed by atoms with E-state index >= 15 is 0 Å². The second-order valence-corrected chi connectivity index (χ2v) is 6.17. The minimum atomic E-state index is -0.495. The van der Waals surface area contributed by atoms with Crippen LogP contribution >= 0.6 is 0 Å². The summed E-state index contributed by atoms with van der Waals surface area (Å²) in [4.78, 5) is 22.1. The van der Waals surface area contributed by atoms with E-state index in [1.165, 1.54) is 42.6 Å². The fourth-order valence-corrected chi connectivity index (χ4v) is 2.46. The van der Waals surface area contributed by atoms with Gasteiger partial charge in [0.15, 0.2) is 0 Å². The Morgan fingerprint density at radius 3 is 2.37 bits per heavy atom. The number of azo groups is 1. The van der Waals surface area contributed by atoms with Gasteiger partial charge >= 0.3 is 0 Å². The number of amides is 1. The lowest BCUT2D eigenvalue weighted by molar-refractivity contribution is -0.384. The first-order chi connectivity index (χ1) is 14.5. The lowest BCUT2D eigenvalue weighted by Crippen LogP contribution is -2.19. The molecular formula is C21H17N5O4. The summed E-state index contributed by atoms with van der Waals surface area (Å²) >= 11 is 0. The van der Waals surface area contributed by atoms with E-state index in [0.29, 0.717) is 16.9 Å². The predicted octanol–water partition coefficient (Wildman–Crippen LogP) is 4.41. The van der Waals surface area contributed by atoms with Gasteiger partial charge in [-0.05, 0) is 35.9 Å². The molecule has 0 heterocycles. The molecule has 150 valence electrons. The average Bonchev–Trinajstić information content (AvgIpc) is 2.75. The lowest BCUT2D eigenvalue weighted by Gasteiger charge is -2.02. The minimum Gasteiger partial charge on any atom is -0.507 e. The Kier molecular flexibility index (Phi) is 6.57. The number of carbonyl (C=O) groups is 1. The van der Waals surface area contributed by atoms with Crippen LogP contribution < -0.4 is 5.43 Å².